The topological polar surface area (TPSA) is 82.9 Å². The van der Waals surface area contributed by atoms with Gasteiger partial charge in [-0.25, -0.2) is 13.8 Å². The van der Waals surface area contributed by atoms with Gasteiger partial charge in [0.2, 0.25) is 0 Å². The van der Waals surface area contributed by atoms with Crippen LogP contribution >= 0.6 is 0 Å². The lowest BCUT2D eigenvalue weighted by atomic mass is 10.1. The summed E-state index contributed by atoms with van der Waals surface area (Å²) >= 11 is 0. The normalized spacial score (nSPS) is 10.1. The Morgan fingerprint density at radius 2 is 2.29 bits per heavy atom. The molecule has 1 aromatic heterocycles. The number of nitrogens with zero attached hydrogens (tertiary/aromatic N) is 2. The van der Waals surface area contributed by atoms with Crippen LogP contribution in [-0.4, -0.2) is 10.1 Å². The van der Waals surface area contributed by atoms with Gasteiger partial charge in [0.15, 0.2) is 0 Å². The maximum atomic E-state index is 12.5. The van der Waals surface area contributed by atoms with Crippen molar-refractivity contribution >= 4 is 5.82 Å². The van der Waals surface area contributed by atoms with Crippen LogP contribution in [0.2, 0.25) is 0 Å². The van der Waals surface area contributed by atoms with Gasteiger partial charge in [-0.15, -0.1) is 0 Å². The molecule has 0 aromatic carbocycles. The minimum Gasteiger partial charge on any atom is -0.506 e. The van der Waals surface area contributed by atoms with E-state index in [2.05, 4.69) is 4.98 Å². The number of aromatic hydroxyl groups is 1. The summed E-state index contributed by atoms with van der Waals surface area (Å²) in [5.74, 6) is -0.792. The monoisotopic (exact) mass is 199 g/mol. The molecular formula is C8H7F2N3O. The summed E-state index contributed by atoms with van der Waals surface area (Å²) < 4.78 is 24.9. The van der Waals surface area contributed by atoms with E-state index in [1.165, 1.54) is 0 Å². The first-order valence-corrected chi connectivity index (χ1v) is 3.69. The Morgan fingerprint density at radius 1 is 1.64 bits per heavy atom. The average molecular weight is 199 g/mol. The lowest BCUT2D eigenvalue weighted by Gasteiger charge is -2.09. The molecule has 1 aromatic rings. The summed E-state index contributed by atoms with van der Waals surface area (Å²) in [5, 5.41) is 17.6. The number of hydrogen-bond donors (Lipinski definition) is 2. The fourth-order valence-electron chi connectivity index (χ4n) is 1.08. The molecule has 74 valence electrons. The Balaban J connectivity index is 3.35. The van der Waals surface area contributed by atoms with E-state index in [4.69, 9.17) is 11.0 Å². The molecule has 0 bridgehead atoms. The van der Waals surface area contributed by atoms with E-state index in [0.717, 1.165) is 6.20 Å². The summed E-state index contributed by atoms with van der Waals surface area (Å²) in [6.45, 7) is 0. The summed E-state index contributed by atoms with van der Waals surface area (Å²) in [7, 11) is 0. The van der Waals surface area contributed by atoms with E-state index >= 15 is 0 Å². The molecule has 0 aliphatic carbocycles. The van der Waals surface area contributed by atoms with Crippen LogP contribution in [0.3, 0.4) is 0 Å². The van der Waals surface area contributed by atoms with Gasteiger partial charge in [0, 0.05) is 5.56 Å². The van der Waals surface area contributed by atoms with Crippen molar-refractivity contribution in [3.05, 3.63) is 17.3 Å². The molecule has 0 amide bonds. The number of anilines is 1. The van der Waals surface area contributed by atoms with Crippen molar-refractivity contribution in [1.82, 2.24) is 4.98 Å². The van der Waals surface area contributed by atoms with Gasteiger partial charge in [0.25, 0.3) is 6.43 Å². The number of nitriles is 1. The molecule has 0 aliphatic rings. The molecule has 0 radical (unpaired) electrons. The SMILES string of the molecule is N#CCc1c(O)cnc(N)c1C(F)F. The summed E-state index contributed by atoms with van der Waals surface area (Å²) in [4.78, 5) is 3.38. The van der Waals surface area contributed by atoms with Gasteiger partial charge in [0.05, 0.1) is 24.3 Å². The van der Waals surface area contributed by atoms with Crippen LogP contribution in [0.15, 0.2) is 6.20 Å². The standard InChI is InChI=1S/C8H7F2N3O/c9-7(10)6-4(1-2-11)5(14)3-13-8(6)12/h3,7,14H,1H2,(H2,12,13). The summed E-state index contributed by atoms with van der Waals surface area (Å²) in [6, 6.07) is 1.67. The highest BCUT2D eigenvalue weighted by molar-refractivity contribution is 5.51. The number of aromatic nitrogens is 1. The zero-order valence-electron chi connectivity index (χ0n) is 7.04. The first kappa shape index (κ1) is 10.2. The van der Waals surface area contributed by atoms with E-state index in [9.17, 15) is 13.9 Å². The molecule has 6 heteroatoms. The molecule has 0 fully saturated rings. The van der Waals surface area contributed by atoms with Crippen LogP contribution < -0.4 is 5.73 Å². The van der Waals surface area contributed by atoms with Crippen LogP contribution in [0.4, 0.5) is 14.6 Å². The van der Waals surface area contributed by atoms with E-state index in [1.54, 1.807) is 6.07 Å². The van der Waals surface area contributed by atoms with E-state index in [0.29, 0.717) is 0 Å². The second-order valence-electron chi connectivity index (χ2n) is 2.56. The number of nitrogen functional groups attached to an aromatic ring is 1. The third-order valence-corrected chi connectivity index (χ3v) is 1.71. The molecule has 0 aliphatic heterocycles. The van der Waals surface area contributed by atoms with E-state index in [1.807, 2.05) is 0 Å². The van der Waals surface area contributed by atoms with Crippen molar-refractivity contribution in [2.24, 2.45) is 0 Å². The number of alkyl halides is 2. The first-order valence-electron chi connectivity index (χ1n) is 3.69. The van der Waals surface area contributed by atoms with Gasteiger partial charge in [-0.05, 0) is 0 Å². The Morgan fingerprint density at radius 3 is 2.79 bits per heavy atom. The molecule has 3 N–H and O–H groups in total. The van der Waals surface area contributed by atoms with Crippen molar-refractivity contribution < 1.29 is 13.9 Å². The van der Waals surface area contributed by atoms with Gasteiger partial charge in [-0.3, -0.25) is 0 Å². The Bertz CT molecular complexity index is 387. The summed E-state index contributed by atoms with van der Waals surface area (Å²) in [6.07, 6.45) is -2.22. The predicted octanol–water partition coefficient (Wildman–Crippen LogP) is 1.37. The van der Waals surface area contributed by atoms with Crippen LogP contribution in [0, 0.1) is 11.3 Å². The number of pyridine rings is 1. The Hall–Kier alpha value is -1.90. The van der Waals surface area contributed by atoms with E-state index in [-0.39, 0.29) is 17.8 Å². The molecule has 0 saturated heterocycles. The van der Waals surface area contributed by atoms with E-state index < -0.39 is 17.7 Å². The van der Waals surface area contributed by atoms with Crippen molar-refractivity contribution in [2.45, 2.75) is 12.8 Å². The minimum atomic E-state index is -2.85. The predicted molar refractivity (Wildman–Crippen MR) is 44.6 cm³/mol. The molecule has 0 unspecified atom stereocenters. The highest BCUT2D eigenvalue weighted by Gasteiger charge is 2.20. The number of halogens is 2. The molecule has 0 atom stereocenters. The highest BCUT2D eigenvalue weighted by Crippen LogP contribution is 2.32. The van der Waals surface area contributed by atoms with Gasteiger partial charge < -0.3 is 10.8 Å². The largest absolute Gasteiger partial charge is 0.506 e. The van der Waals surface area contributed by atoms with Gasteiger partial charge >= 0.3 is 0 Å². The zero-order valence-corrected chi connectivity index (χ0v) is 7.04. The van der Waals surface area contributed by atoms with Crippen LogP contribution in [0.5, 0.6) is 5.75 Å². The van der Waals surface area contributed by atoms with Crippen molar-refractivity contribution in [3.63, 3.8) is 0 Å². The lowest BCUT2D eigenvalue weighted by molar-refractivity contribution is 0.150. The third kappa shape index (κ3) is 1.71. The number of nitrogens with two attached hydrogens (primary N) is 1. The number of hydrogen-bond acceptors (Lipinski definition) is 4. The van der Waals surface area contributed by atoms with Crippen LogP contribution in [0.1, 0.15) is 17.6 Å². The quantitative estimate of drug-likeness (QED) is 0.753. The average Bonchev–Trinajstić information content (AvgIpc) is 2.11. The first-order chi connectivity index (χ1) is 6.57. The van der Waals surface area contributed by atoms with Crippen LogP contribution in [-0.2, 0) is 6.42 Å². The Labute approximate surface area is 78.6 Å². The lowest BCUT2D eigenvalue weighted by Crippen LogP contribution is -2.03. The molecule has 4 nitrogen and oxygen atoms in total. The molecule has 1 rings (SSSR count). The fraction of sp³-hybridized carbons (Fsp3) is 0.250. The second kappa shape index (κ2) is 3.87. The van der Waals surface area contributed by atoms with Gasteiger partial charge in [-0.2, -0.15) is 5.26 Å². The number of rotatable bonds is 2. The van der Waals surface area contributed by atoms with Crippen LogP contribution in [0.25, 0.3) is 0 Å². The molecule has 14 heavy (non-hydrogen) atoms. The van der Waals surface area contributed by atoms with Crippen molar-refractivity contribution in [2.75, 3.05) is 5.73 Å². The smallest absolute Gasteiger partial charge is 0.267 e. The highest BCUT2D eigenvalue weighted by atomic mass is 19.3. The minimum absolute atomic E-state index is 0.157. The Kier molecular flexibility index (Phi) is 2.82. The van der Waals surface area contributed by atoms with Crippen molar-refractivity contribution in [3.8, 4) is 11.8 Å². The van der Waals surface area contributed by atoms with Crippen molar-refractivity contribution in [1.29, 1.82) is 5.26 Å². The third-order valence-electron chi connectivity index (χ3n) is 1.71. The molecular weight excluding hydrogens is 192 g/mol. The van der Waals surface area contributed by atoms with Gasteiger partial charge in [0.1, 0.15) is 11.6 Å². The molecule has 0 spiro atoms. The maximum Gasteiger partial charge on any atom is 0.267 e. The fourth-order valence-corrected chi connectivity index (χ4v) is 1.08. The zero-order chi connectivity index (χ0) is 10.7. The summed E-state index contributed by atoms with van der Waals surface area (Å²) in [5.41, 5.74) is 4.49. The molecule has 1 heterocycles. The van der Waals surface area contributed by atoms with Gasteiger partial charge in [-0.1, -0.05) is 0 Å². The molecule has 0 saturated carbocycles. The second-order valence-corrected chi connectivity index (χ2v) is 2.56. The maximum absolute atomic E-state index is 12.5.